The highest BCUT2D eigenvalue weighted by Gasteiger charge is 2.15. The van der Waals surface area contributed by atoms with Gasteiger partial charge in [0.05, 0.1) is 4.92 Å². The van der Waals surface area contributed by atoms with Crippen molar-refractivity contribution in [3.05, 3.63) is 63.5 Å². The molecule has 106 valence electrons. The number of hydrogen-bond acceptors (Lipinski definition) is 4. The van der Waals surface area contributed by atoms with Crippen LogP contribution in [-0.4, -0.2) is 4.92 Å². The second-order valence-corrected chi connectivity index (χ2v) is 3.98. The van der Waals surface area contributed by atoms with Gasteiger partial charge in [0, 0.05) is 29.6 Å². The molecule has 0 aliphatic carbocycles. The second-order valence-electron chi connectivity index (χ2n) is 3.98. The summed E-state index contributed by atoms with van der Waals surface area (Å²) in [5, 5.41) is 22.0. The number of nitrogens with one attached hydrogen (secondary N) is 1. The molecule has 0 aromatic heterocycles. The van der Waals surface area contributed by atoms with Crippen molar-refractivity contribution >= 4 is 17.1 Å². The summed E-state index contributed by atoms with van der Waals surface area (Å²) < 4.78 is 38.9. The van der Waals surface area contributed by atoms with Crippen molar-refractivity contribution in [1.29, 1.82) is 5.26 Å². The van der Waals surface area contributed by atoms with Gasteiger partial charge >= 0.3 is 0 Å². The maximum atomic E-state index is 13.1. The van der Waals surface area contributed by atoms with Crippen LogP contribution in [0.1, 0.15) is 5.56 Å². The Kier molecular flexibility index (Phi) is 3.75. The number of hydrogen-bond donors (Lipinski definition) is 1. The lowest BCUT2D eigenvalue weighted by molar-refractivity contribution is -0.385. The molecule has 5 nitrogen and oxygen atoms in total. The van der Waals surface area contributed by atoms with E-state index in [2.05, 4.69) is 5.32 Å². The van der Waals surface area contributed by atoms with E-state index in [0.29, 0.717) is 0 Å². The van der Waals surface area contributed by atoms with E-state index in [4.69, 9.17) is 5.26 Å². The molecule has 2 aromatic rings. The van der Waals surface area contributed by atoms with Gasteiger partial charge in [0.25, 0.3) is 5.69 Å². The minimum atomic E-state index is -1.60. The van der Waals surface area contributed by atoms with Crippen molar-refractivity contribution in [3.63, 3.8) is 0 Å². The number of nitro benzene ring substituents is 1. The first-order chi connectivity index (χ1) is 9.92. The summed E-state index contributed by atoms with van der Waals surface area (Å²) in [5.41, 5.74) is -0.501. The fourth-order valence-electron chi connectivity index (χ4n) is 1.66. The maximum Gasteiger partial charge on any atom is 0.287 e. The molecule has 0 aliphatic heterocycles. The Bertz CT molecular complexity index is 749. The predicted molar refractivity (Wildman–Crippen MR) is 67.4 cm³/mol. The molecule has 0 spiro atoms. The average Bonchev–Trinajstić information content (AvgIpc) is 2.44. The lowest BCUT2D eigenvalue weighted by atomic mass is 10.1. The van der Waals surface area contributed by atoms with Gasteiger partial charge in [0.15, 0.2) is 17.5 Å². The van der Waals surface area contributed by atoms with Crippen molar-refractivity contribution in [2.75, 3.05) is 5.32 Å². The Balaban J connectivity index is 2.37. The van der Waals surface area contributed by atoms with Crippen LogP contribution in [0.25, 0.3) is 0 Å². The number of nitriles is 1. The fourth-order valence-corrected chi connectivity index (χ4v) is 1.66. The average molecular weight is 293 g/mol. The van der Waals surface area contributed by atoms with Gasteiger partial charge in [-0.25, -0.2) is 13.2 Å². The highest BCUT2D eigenvalue weighted by atomic mass is 19.2. The zero-order chi connectivity index (χ0) is 15.6. The number of anilines is 2. The molecule has 0 unspecified atom stereocenters. The Morgan fingerprint density at radius 2 is 1.71 bits per heavy atom. The Morgan fingerprint density at radius 3 is 2.24 bits per heavy atom. The Morgan fingerprint density at radius 1 is 1.10 bits per heavy atom. The molecule has 0 saturated carbocycles. The summed E-state index contributed by atoms with van der Waals surface area (Å²) in [4.78, 5) is 9.95. The van der Waals surface area contributed by atoms with Crippen LogP contribution in [0.15, 0.2) is 30.3 Å². The number of nitro groups is 1. The lowest BCUT2D eigenvalue weighted by Crippen LogP contribution is -1.98. The molecule has 0 fully saturated rings. The van der Waals surface area contributed by atoms with Gasteiger partial charge in [0.2, 0.25) is 0 Å². The van der Waals surface area contributed by atoms with Crippen molar-refractivity contribution in [3.8, 4) is 6.07 Å². The number of benzene rings is 2. The van der Waals surface area contributed by atoms with Crippen LogP contribution in [0.5, 0.6) is 0 Å². The van der Waals surface area contributed by atoms with Gasteiger partial charge < -0.3 is 5.32 Å². The molecule has 2 aromatic carbocycles. The SMILES string of the molecule is N#Cc1cc(Nc2cc(F)c(F)c(F)c2)ccc1[N+](=O)[O-]. The fraction of sp³-hybridized carbons (Fsp3) is 0. The molecule has 0 amide bonds. The molecule has 0 radical (unpaired) electrons. The predicted octanol–water partition coefficient (Wildman–Crippen LogP) is 3.63. The minimum absolute atomic E-state index is 0.0934. The van der Waals surface area contributed by atoms with E-state index in [-0.39, 0.29) is 22.6 Å². The number of rotatable bonds is 3. The van der Waals surface area contributed by atoms with E-state index in [0.717, 1.165) is 24.3 Å². The summed E-state index contributed by atoms with van der Waals surface area (Å²) >= 11 is 0. The summed E-state index contributed by atoms with van der Waals surface area (Å²) in [6, 6.07) is 6.59. The standard InChI is InChI=1S/C13H6F3N3O2/c14-10-4-9(5-11(15)13(10)16)18-8-1-2-12(19(20)21)7(3-8)6-17/h1-5,18H. The largest absolute Gasteiger partial charge is 0.355 e. The van der Waals surface area contributed by atoms with E-state index in [1.54, 1.807) is 6.07 Å². The summed E-state index contributed by atoms with van der Waals surface area (Å²) in [5.74, 6) is -4.35. The van der Waals surface area contributed by atoms with E-state index >= 15 is 0 Å². The van der Waals surface area contributed by atoms with Crippen LogP contribution in [0.3, 0.4) is 0 Å². The highest BCUT2D eigenvalue weighted by molar-refractivity contribution is 5.65. The van der Waals surface area contributed by atoms with Gasteiger partial charge in [-0.1, -0.05) is 0 Å². The molecular weight excluding hydrogens is 287 g/mol. The molecule has 21 heavy (non-hydrogen) atoms. The number of nitrogens with zero attached hydrogens (tertiary/aromatic N) is 2. The van der Waals surface area contributed by atoms with E-state index < -0.39 is 22.4 Å². The van der Waals surface area contributed by atoms with Gasteiger partial charge in [-0.2, -0.15) is 5.26 Å². The first-order valence-electron chi connectivity index (χ1n) is 5.52. The quantitative estimate of drug-likeness (QED) is 0.532. The number of halogens is 3. The third-order valence-corrected chi connectivity index (χ3v) is 2.59. The minimum Gasteiger partial charge on any atom is -0.355 e. The van der Waals surface area contributed by atoms with Gasteiger partial charge in [-0.15, -0.1) is 0 Å². The normalized spacial score (nSPS) is 10.0. The second kappa shape index (κ2) is 5.50. The van der Waals surface area contributed by atoms with Gasteiger partial charge in [-0.3, -0.25) is 10.1 Å². The Labute approximate surface area is 116 Å². The third kappa shape index (κ3) is 2.92. The van der Waals surface area contributed by atoms with Crippen LogP contribution in [0.2, 0.25) is 0 Å². The summed E-state index contributed by atoms with van der Waals surface area (Å²) in [6.07, 6.45) is 0. The third-order valence-electron chi connectivity index (χ3n) is 2.59. The monoisotopic (exact) mass is 293 g/mol. The summed E-state index contributed by atoms with van der Waals surface area (Å²) in [7, 11) is 0. The van der Waals surface area contributed by atoms with Crippen molar-refractivity contribution in [2.24, 2.45) is 0 Å². The molecule has 0 heterocycles. The van der Waals surface area contributed by atoms with E-state index in [1.807, 2.05) is 0 Å². The molecule has 0 atom stereocenters. The lowest BCUT2D eigenvalue weighted by Gasteiger charge is -2.08. The first kappa shape index (κ1) is 14.3. The van der Waals surface area contributed by atoms with E-state index in [1.165, 1.54) is 6.07 Å². The molecule has 0 aliphatic rings. The molecule has 0 saturated heterocycles. The van der Waals surface area contributed by atoms with Crippen LogP contribution >= 0.6 is 0 Å². The highest BCUT2D eigenvalue weighted by Crippen LogP contribution is 2.25. The van der Waals surface area contributed by atoms with E-state index in [9.17, 15) is 23.3 Å². The van der Waals surface area contributed by atoms with Gasteiger partial charge in [0.1, 0.15) is 11.6 Å². The molecule has 0 bridgehead atoms. The summed E-state index contributed by atoms with van der Waals surface area (Å²) in [6.45, 7) is 0. The molecule has 2 rings (SSSR count). The molecule has 8 heteroatoms. The Hall–Kier alpha value is -3.08. The zero-order valence-electron chi connectivity index (χ0n) is 10.2. The van der Waals surface area contributed by atoms with Crippen LogP contribution in [0.4, 0.5) is 30.2 Å². The first-order valence-corrected chi connectivity index (χ1v) is 5.52. The molecular formula is C13H6F3N3O2. The topological polar surface area (TPSA) is 79.0 Å². The van der Waals surface area contributed by atoms with Crippen molar-refractivity contribution in [1.82, 2.24) is 0 Å². The van der Waals surface area contributed by atoms with Gasteiger partial charge in [-0.05, 0) is 12.1 Å². The molecule has 1 N–H and O–H groups in total. The van der Waals surface area contributed by atoms with Crippen molar-refractivity contribution in [2.45, 2.75) is 0 Å². The zero-order valence-corrected chi connectivity index (χ0v) is 10.2. The smallest absolute Gasteiger partial charge is 0.287 e. The van der Waals surface area contributed by atoms with Crippen LogP contribution < -0.4 is 5.32 Å². The maximum absolute atomic E-state index is 13.1. The van der Waals surface area contributed by atoms with Crippen LogP contribution in [-0.2, 0) is 0 Å². The van der Waals surface area contributed by atoms with Crippen LogP contribution in [0, 0.1) is 38.9 Å². The van der Waals surface area contributed by atoms with Crippen molar-refractivity contribution < 1.29 is 18.1 Å².